The predicted molar refractivity (Wildman–Crippen MR) is 75.6 cm³/mol. The second-order valence-corrected chi connectivity index (χ2v) is 5.27. The van der Waals surface area contributed by atoms with Gasteiger partial charge in [0.05, 0.1) is 11.9 Å². The van der Waals surface area contributed by atoms with Gasteiger partial charge < -0.3 is 0 Å². The van der Waals surface area contributed by atoms with Gasteiger partial charge in [0, 0.05) is 28.4 Å². The third-order valence-electron chi connectivity index (χ3n) is 2.54. The molecule has 0 aliphatic heterocycles. The summed E-state index contributed by atoms with van der Waals surface area (Å²) < 4.78 is 4.90. The highest BCUT2D eigenvalue weighted by molar-refractivity contribution is 14.1. The first-order valence-electron chi connectivity index (χ1n) is 4.97. The normalized spacial score (nSPS) is 11.2. The van der Waals surface area contributed by atoms with Crippen LogP contribution in [-0.4, -0.2) is 19.3 Å². The van der Waals surface area contributed by atoms with Crippen LogP contribution in [0.5, 0.6) is 0 Å². The third-order valence-corrected chi connectivity index (χ3v) is 3.61. The third kappa shape index (κ3) is 1.83. The van der Waals surface area contributed by atoms with Crippen molar-refractivity contribution in [2.24, 2.45) is 7.05 Å². The minimum atomic E-state index is 0.497. The Labute approximate surface area is 116 Å². The second-order valence-electron chi connectivity index (χ2n) is 3.72. The summed E-state index contributed by atoms with van der Waals surface area (Å²) in [4.78, 5) is 4.37. The highest BCUT2D eigenvalue weighted by Gasteiger charge is 2.10. The van der Waals surface area contributed by atoms with Crippen molar-refractivity contribution in [1.82, 2.24) is 19.3 Å². The fourth-order valence-electron chi connectivity index (χ4n) is 1.77. The summed E-state index contributed by atoms with van der Waals surface area (Å²) >= 11 is 8.24. The van der Waals surface area contributed by atoms with Crippen LogP contribution in [0, 0.1) is 3.57 Å². The zero-order chi connectivity index (χ0) is 12.0. The lowest BCUT2D eigenvalue weighted by Gasteiger charge is -2.00. The molecule has 0 unspecified atom stereocenters. The lowest BCUT2D eigenvalue weighted by Crippen LogP contribution is -1.92. The summed E-state index contributed by atoms with van der Waals surface area (Å²) in [7, 11) is 1.89. The van der Waals surface area contributed by atoms with Crippen molar-refractivity contribution in [3.8, 4) is 5.69 Å². The van der Waals surface area contributed by atoms with Gasteiger partial charge in [-0.25, -0.2) is 4.98 Å². The van der Waals surface area contributed by atoms with Crippen LogP contribution in [-0.2, 0) is 7.05 Å². The van der Waals surface area contributed by atoms with Crippen LogP contribution < -0.4 is 0 Å². The van der Waals surface area contributed by atoms with Gasteiger partial charge in [-0.15, -0.1) is 0 Å². The standard InChI is InChI=1S/C11H8ClIN4/c1-16-5-7(4-14-16)17-6-9(13)8-2-3-10(12)15-11(8)17/h2-6H,1H3. The van der Waals surface area contributed by atoms with E-state index < -0.39 is 0 Å². The molecule has 3 heterocycles. The van der Waals surface area contributed by atoms with Crippen LogP contribution in [0.15, 0.2) is 30.7 Å². The van der Waals surface area contributed by atoms with Crippen LogP contribution in [0.4, 0.5) is 0 Å². The quantitative estimate of drug-likeness (QED) is 0.495. The first-order chi connectivity index (χ1) is 8.15. The van der Waals surface area contributed by atoms with E-state index in [1.807, 2.05) is 30.1 Å². The Bertz CT molecular complexity index is 701. The first-order valence-corrected chi connectivity index (χ1v) is 6.43. The second kappa shape index (κ2) is 3.99. The molecule has 3 aromatic rings. The maximum atomic E-state index is 5.94. The highest BCUT2D eigenvalue weighted by atomic mass is 127. The van der Waals surface area contributed by atoms with Crippen LogP contribution in [0.2, 0.25) is 5.15 Å². The van der Waals surface area contributed by atoms with Crippen molar-refractivity contribution >= 4 is 45.2 Å². The molecule has 0 amide bonds. The molecule has 0 atom stereocenters. The Morgan fingerprint density at radius 2 is 2.12 bits per heavy atom. The molecule has 0 bridgehead atoms. The number of nitrogens with zero attached hydrogens (tertiary/aromatic N) is 4. The molecule has 0 saturated carbocycles. The fourth-order valence-corrected chi connectivity index (χ4v) is 2.61. The van der Waals surface area contributed by atoms with Gasteiger partial charge in [-0.3, -0.25) is 9.25 Å². The number of fused-ring (bicyclic) bond motifs is 1. The number of hydrogen-bond donors (Lipinski definition) is 0. The average Bonchev–Trinajstić information content (AvgIpc) is 2.83. The van der Waals surface area contributed by atoms with Crippen LogP contribution in [0.1, 0.15) is 0 Å². The SMILES string of the molecule is Cn1cc(-n2cc(I)c3ccc(Cl)nc32)cn1. The van der Waals surface area contributed by atoms with Crippen molar-refractivity contribution < 1.29 is 0 Å². The van der Waals surface area contributed by atoms with E-state index >= 15 is 0 Å². The number of aryl methyl sites for hydroxylation is 1. The van der Waals surface area contributed by atoms with E-state index in [2.05, 4.69) is 32.7 Å². The number of hydrogen-bond acceptors (Lipinski definition) is 2. The van der Waals surface area contributed by atoms with Crippen molar-refractivity contribution in [3.05, 3.63) is 39.4 Å². The van der Waals surface area contributed by atoms with Crippen molar-refractivity contribution in [2.75, 3.05) is 0 Å². The van der Waals surface area contributed by atoms with Gasteiger partial charge in [-0.2, -0.15) is 5.10 Å². The highest BCUT2D eigenvalue weighted by Crippen LogP contribution is 2.25. The van der Waals surface area contributed by atoms with Gasteiger partial charge in [0.25, 0.3) is 0 Å². The maximum Gasteiger partial charge on any atom is 0.147 e. The van der Waals surface area contributed by atoms with Gasteiger partial charge in [0.2, 0.25) is 0 Å². The molecule has 0 radical (unpaired) electrons. The first kappa shape index (κ1) is 11.0. The number of rotatable bonds is 1. The Balaban J connectivity index is 2.33. The minimum absolute atomic E-state index is 0.497. The predicted octanol–water partition coefficient (Wildman–Crippen LogP) is 3.02. The molecule has 3 rings (SSSR count). The molecule has 86 valence electrons. The Kier molecular flexibility index (Phi) is 2.59. The molecular formula is C11H8ClIN4. The molecule has 3 aromatic heterocycles. The Morgan fingerprint density at radius 1 is 1.29 bits per heavy atom. The number of halogens is 2. The fraction of sp³-hybridized carbons (Fsp3) is 0.0909. The summed E-state index contributed by atoms with van der Waals surface area (Å²) in [5.41, 5.74) is 1.84. The summed E-state index contributed by atoms with van der Waals surface area (Å²) in [5, 5.41) is 5.76. The summed E-state index contributed by atoms with van der Waals surface area (Å²) in [5.74, 6) is 0. The van der Waals surface area contributed by atoms with Crippen molar-refractivity contribution in [2.45, 2.75) is 0 Å². The zero-order valence-electron chi connectivity index (χ0n) is 8.93. The van der Waals surface area contributed by atoms with Gasteiger partial charge in [-0.1, -0.05) is 11.6 Å². The van der Waals surface area contributed by atoms with E-state index in [0.29, 0.717) is 5.15 Å². The van der Waals surface area contributed by atoms with E-state index in [0.717, 1.165) is 20.3 Å². The molecule has 17 heavy (non-hydrogen) atoms. The summed E-state index contributed by atoms with van der Waals surface area (Å²) in [6.45, 7) is 0. The molecular weight excluding hydrogens is 351 g/mol. The molecule has 4 nitrogen and oxygen atoms in total. The largest absolute Gasteiger partial charge is 0.297 e. The molecule has 0 fully saturated rings. The van der Waals surface area contributed by atoms with E-state index in [1.54, 1.807) is 16.9 Å². The van der Waals surface area contributed by atoms with Gasteiger partial charge in [-0.05, 0) is 34.7 Å². The van der Waals surface area contributed by atoms with Gasteiger partial charge in [0.1, 0.15) is 10.8 Å². The van der Waals surface area contributed by atoms with Crippen LogP contribution >= 0.6 is 34.2 Å². The van der Waals surface area contributed by atoms with E-state index in [-0.39, 0.29) is 0 Å². The number of aromatic nitrogens is 4. The molecule has 0 N–H and O–H groups in total. The molecule has 0 spiro atoms. The Morgan fingerprint density at radius 3 is 2.82 bits per heavy atom. The van der Waals surface area contributed by atoms with Crippen LogP contribution in [0.3, 0.4) is 0 Å². The average molecular weight is 359 g/mol. The van der Waals surface area contributed by atoms with Gasteiger partial charge >= 0.3 is 0 Å². The summed E-state index contributed by atoms with van der Waals surface area (Å²) in [6.07, 6.45) is 5.78. The summed E-state index contributed by atoms with van der Waals surface area (Å²) in [6, 6.07) is 3.79. The minimum Gasteiger partial charge on any atom is -0.297 e. The Hall–Kier alpha value is -1.08. The molecule has 0 aromatic carbocycles. The smallest absolute Gasteiger partial charge is 0.147 e. The van der Waals surface area contributed by atoms with E-state index in [1.165, 1.54) is 0 Å². The van der Waals surface area contributed by atoms with E-state index in [9.17, 15) is 0 Å². The molecule has 0 saturated heterocycles. The molecule has 6 heteroatoms. The van der Waals surface area contributed by atoms with Crippen LogP contribution in [0.25, 0.3) is 16.7 Å². The molecule has 0 aliphatic rings. The van der Waals surface area contributed by atoms with Crippen molar-refractivity contribution in [1.29, 1.82) is 0 Å². The monoisotopic (exact) mass is 358 g/mol. The molecule has 0 aliphatic carbocycles. The number of pyridine rings is 1. The van der Waals surface area contributed by atoms with Gasteiger partial charge in [0.15, 0.2) is 0 Å². The lowest BCUT2D eigenvalue weighted by atomic mass is 10.3. The lowest BCUT2D eigenvalue weighted by molar-refractivity contribution is 0.767. The maximum absolute atomic E-state index is 5.94. The van der Waals surface area contributed by atoms with E-state index in [4.69, 9.17) is 11.6 Å². The zero-order valence-corrected chi connectivity index (χ0v) is 11.8. The van der Waals surface area contributed by atoms with Crippen molar-refractivity contribution in [3.63, 3.8) is 0 Å². The topological polar surface area (TPSA) is 35.6 Å².